The van der Waals surface area contributed by atoms with Gasteiger partial charge in [0.25, 0.3) is 0 Å². The second-order valence-electron chi connectivity index (χ2n) is 17.7. The molecule has 0 spiro atoms. The van der Waals surface area contributed by atoms with E-state index in [0.29, 0.717) is 0 Å². The van der Waals surface area contributed by atoms with Gasteiger partial charge in [-0.1, -0.05) is 153 Å². The first kappa shape index (κ1) is 28.3. The van der Waals surface area contributed by atoms with Crippen molar-refractivity contribution in [2.75, 3.05) is 0 Å². The van der Waals surface area contributed by atoms with Gasteiger partial charge in [-0.05, 0) is 130 Å². The third-order valence-corrected chi connectivity index (χ3v) is 11.7. The van der Waals surface area contributed by atoms with E-state index in [-0.39, 0.29) is 16.2 Å². The molecule has 0 radical (unpaired) electrons. The van der Waals surface area contributed by atoms with E-state index < -0.39 is 0 Å². The summed E-state index contributed by atoms with van der Waals surface area (Å²) in [4.78, 5) is 0. The van der Waals surface area contributed by atoms with Gasteiger partial charge in [-0.2, -0.15) is 0 Å². The molecular formula is C48H42. The van der Waals surface area contributed by atoms with Crippen LogP contribution in [0.5, 0.6) is 0 Å². The summed E-state index contributed by atoms with van der Waals surface area (Å²) in [5.41, 5.74) is 4.41. The molecule has 48 heavy (non-hydrogen) atoms. The number of rotatable bonds is 0. The predicted octanol–water partition coefficient (Wildman–Crippen LogP) is 14.3. The van der Waals surface area contributed by atoms with Crippen molar-refractivity contribution in [2.24, 2.45) is 0 Å². The fraction of sp³-hybridized carbons (Fsp3) is 0.250. The quantitative estimate of drug-likeness (QED) is 0.159. The molecular weight excluding hydrogens is 577 g/mol. The summed E-state index contributed by atoms with van der Waals surface area (Å²) in [6.45, 7) is 21.2. The van der Waals surface area contributed by atoms with Gasteiger partial charge < -0.3 is 0 Å². The molecule has 0 aromatic heterocycles. The van der Waals surface area contributed by atoms with E-state index in [0.717, 1.165) is 0 Å². The lowest BCUT2D eigenvalue weighted by Gasteiger charge is -2.21. The molecule has 0 nitrogen and oxygen atoms in total. The van der Waals surface area contributed by atoms with Crippen LogP contribution in [0.1, 0.15) is 79.0 Å². The zero-order chi connectivity index (χ0) is 33.2. The number of hydrogen-bond donors (Lipinski definition) is 0. The molecule has 0 N–H and O–H groups in total. The highest BCUT2D eigenvalue weighted by Crippen LogP contribution is 2.56. The van der Waals surface area contributed by atoms with Crippen molar-refractivity contribution in [1.82, 2.24) is 0 Å². The number of fused-ring (bicyclic) bond motifs is 12. The predicted molar refractivity (Wildman–Crippen MR) is 214 cm³/mol. The Bertz CT molecular complexity index is 2540. The lowest BCUT2D eigenvalue weighted by Crippen LogP contribution is -2.11. The smallest absolute Gasteiger partial charge is 0.000695 e. The van der Waals surface area contributed by atoms with Gasteiger partial charge in [0.2, 0.25) is 0 Å². The van der Waals surface area contributed by atoms with Gasteiger partial charge in [0.05, 0.1) is 0 Å². The van der Waals surface area contributed by atoms with E-state index in [1.165, 1.54) is 114 Å². The van der Waals surface area contributed by atoms with Crippen LogP contribution >= 0.6 is 0 Å². The van der Waals surface area contributed by atoms with Crippen molar-refractivity contribution < 1.29 is 0 Å². The first-order valence-electron chi connectivity index (χ1n) is 17.7. The minimum Gasteiger partial charge on any atom is -0.0610 e. The Labute approximate surface area is 282 Å². The van der Waals surface area contributed by atoms with Crippen LogP contribution in [0.4, 0.5) is 0 Å². The Morgan fingerprint density at radius 3 is 0.667 bits per heavy atom. The molecule has 0 aliphatic carbocycles. The van der Waals surface area contributed by atoms with Crippen LogP contribution < -0.4 is 0 Å². The van der Waals surface area contributed by atoms with Crippen LogP contribution in [0.15, 0.2) is 91.0 Å². The minimum absolute atomic E-state index is 0.0478. The lowest BCUT2D eigenvalue weighted by molar-refractivity contribution is 0.596. The monoisotopic (exact) mass is 618 g/mol. The van der Waals surface area contributed by atoms with E-state index in [4.69, 9.17) is 0 Å². The Morgan fingerprint density at radius 2 is 0.438 bits per heavy atom. The molecule has 0 amide bonds. The SMILES string of the molecule is CC(C)(C)c1ccc2c3c1cccc3c1c2c2c3cccc4c(C(C)(C)C)ccc(c43)c2c2c3cccc4c(C(C)(C)C)ccc(c43)c12. The molecule has 0 atom stereocenters. The van der Waals surface area contributed by atoms with Crippen LogP contribution in [0.3, 0.4) is 0 Å². The molecule has 0 aliphatic heterocycles. The molecule has 10 aromatic rings. The third kappa shape index (κ3) is 3.32. The highest BCUT2D eigenvalue weighted by molar-refractivity contribution is 6.55. The van der Waals surface area contributed by atoms with Gasteiger partial charge in [-0.15, -0.1) is 0 Å². The standard InChI is InChI=1S/C48H42/c1-46(2,3)34-22-19-31-37-25(34)13-10-16-28(37)40-43(31)41-29-17-11-14-26-36(48(7,8)9)24-21-33(38(26)29)45(41)42-30-18-12-15-27-35(47(4,5)6)23-20-32(39(27)30)44(40)42/h10-24H,1-9H3. The fourth-order valence-corrected chi connectivity index (χ4v) is 9.80. The van der Waals surface area contributed by atoms with Crippen LogP contribution in [0.2, 0.25) is 0 Å². The van der Waals surface area contributed by atoms with Crippen molar-refractivity contribution in [3.63, 3.8) is 0 Å². The summed E-state index contributed by atoms with van der Waals surface area (Å²) in [5, 5.41) is 25.4. The van der Waals surface area contributed by atoms with Gasteiger partial charge in [0.15, 0.2) is 0 Å². The maximum Gasteiger partial charge on any atom is -0.000695 e. The topological polar surface area (TPSA) is 0 Å². The largest absolute Gasteiger partial charge is 0.0610 e. The molecule has 0 saturated carbocycles. The maximum atomic E-state index is 2.45. The van der Waals surface area contributed by atoms with Crippen molar-refractivity contribution in [3.8, 4) is 0 Å². The molecule has 0 aliphatic rings. The zero-order valence-electron chi connectivity index (χ0n) is 29.7. The van der Waals surface area contributed by atoms with Crippen molar-refractivity contribution in [3.05, 3.63) is 108 Å². The van der Waals surface area contributed by atoms with Gasteiger partial charge in [0.1, 0.15) is 0 Å². The summed E-state index contributed by atoms with van der Waals surface area (Å²) >= 11 is 0. The van der Waals surface area contributed by atoms with Gasteiger partial charge >= 0.3 is 0 Å². The van der Waals surface area contributed by atoms with Crippen molar-refractivity contribution in [2.45, 2.75) is 78.6 Å². The Balaban J connectivity index is 1.60. The Kier molecular flexibility index (Phi) is 5.12. The van der Waals surface area contributed by atoms with Crippen LogP contribution in [0, 0.1) is 0 Å². The second kappa shape index (κ2) is 8.66. The number of benzene rings is 7. The highest BCUT2D eigenvalue weighted by atomic mass is 14.3. The van der Waals surface area contributed by atoms with Crippen LogP contribution in [0.25, 0.3) is 97.0 Å². The van der Waals surface area contributed by atoms with E-state index in [1.54, 1.807) is 0 Å². The molecule has 0 bridgehead atoms. The zero-order valence-corrected chi connectivity index (χ0v) is 29.7. The third-order valence-electron chi connectivity index (χ3n) is 11.7. The molecule has 0 fully saturated rings. The molecule has 0 unspecified atom stereocenters. The second-order valence-corrected chi connectivity index (χ2v) is 17.7. The van der Waals surface area contributed by atoms with Crippen molar-refractivity contribution >= 4 is 97.0 Å². The molecule has 0 saturated heterocycles. The maximum absolute atomic E-state index is 2.45. The average molecular weight is 619 g/mol. The van der Waals surface area contributed by atoms with E-state index >= 15 is 0 Å². The summed E-state index contributed by atoms with van der Waals surface area (Å²) in [5.74, 6) is 0. The summed E-state index contributed by atoms with van der Waals surface area (Å²) in [6, 6.07) is 35.8. The average Bonchev–Trinajstić information content (AvgIpc) is 3.65. The lowest BCUT2D eigenvalue weighted by atomic mass is 9.83. The van der Waals surface area contributed by atoms with E-state index in [2.05, 4.69) is 153 Å². The summed E-state index contributed by atoms with van der Waals surface area (Å²) < 4.78 is 0. The Hall–Kier alpha value is -4.68. The number of hydrogen-bond acceptors (Lipinski definition) is 0. The molecule has 0 heteroatoms. The molecule has 10 rings (SSSR count). The molecule has 10 aromatic carbocycles. The molecule has 0 heterocycles. The van der Waals surface area contributed by atoms with E-state index in [1.807, 2.05) is 0 Å². The minimum atomic E-state index is 0.0478. The van der Waals surface area contributed by atoms with Gasteiger partial charge in [0, 0.05) is 0 Å². The Morgan fingerprint density at radius 1 is 0.229 bits per heavy atom. The van der Waals surface area contributed by atoms with Crippen LogP contribution in [-0.2, 0) is 16.2 Å². The first-order valence-corrected chi connectivity index (χ1v) is 17.7. The highest BCUT2D eigenvalue weighted by Gasteiger charge is 2.30. The fourth-order valence-electron chi connectivity index (χ4n) is 9.80. The summed E-state index contributed by atoms with van der Waals surface area (Å²) in [6.07, 6.45) is 0. The first-order chi connectivity index (χ1) is 22.8. The normalized spacial score (nSPS) is 13.9. The van der Waals surface area contributed by atoms with Crippen LogP contribution in [-0.4, -0.2) is 0 Å². The van der Waals surface area contributed by atoms with Gasteiger partial charge in [-0.3, -0.25) is 0 Å². The van der Waals surface area contributed by atoms with E-state index in [9.17, 15) is 0 Å². The van der Waals surface area contributed by atoms with Gasteiger partial charge in [-0.25, -0.2) is 0 Å². The van der Waals surface area contributed by atoms with Crippen molar-refractivity contribution in [1.29, 1.82) is 0 Å². The molecule has 234 valence electrons. The summed E-state index contributed by atoms with van der Waals surface area (Å²) in [7, 11) is 0.